The van der Waals surface area contributed by atoms with Gasteiger partial charge in [-0.05, 0) is 55.3 Å². The molecule has 1 aliphatic rings. The van der Waals surface area contributed by atoms with E-state index < -0.39 is 0 Å². The molecular weight excluding hydrogens is 457 g/mol. The van der Waals surface area contributed by atoms with Gasteiger partial charge < -0.3 is 10.2 Å². The standard InChI is InChI=1S/C22H21ClFN3O2S2/c23-15-1-6-19-18(11-15)26-22(31-19)14-7-9-27(10-8-14)21(29)13-30-12-20(28)25-17-4-2-16(24)3-5-17/h1-6,11,14H,7-10,12-13H2,(H,25,28). The second kappa shape index (κ2) is 9.97. The molecular formula is C22H21ClFN3O2S2. The number of amides is 2. The van der Waals surface area contributed by atoms with E-state index in [0.717, 1.165) is 28.1 Å². The topological polar surface area (TPSA) is 62.3 Å². The van der Waals surface area contributed by atoms with Crippen LogP contribution in [0.2, 0.25) is 5.02 Å². The molecule has 4 rings (SSSR count). The zero-order chi connectivity index (χ0) is 21.8. The highest BCUT2D eigenvalue weighted by atomic mass is 35.5. The van der Waals surface area contributed by atoms with Crippen LogP contribution in [0.4, 0.5) is 10.1 Å². The van der Waals surface area contributed by atoms with Gasteiger partial charge in [0.05, 0.1) is 26.7 Å². The number of nitrogens with zero attached hydrogens (tertiary/aromatic N) is 2. The maximum Gasteiger partial charge on any atom is 0.234 e. The van der Waals surface area contributed by atoms with Crippen LogP contribution in [-0.4, -0.2) is 46.3 Å². The molecule has 2 heterocycles. The Morgan fingerprint density at radius 3 is 2.65 bits per heavy atom. The number of aromatic nitrogens is 1. The molecule has 9 heteroatoms. The zero-order valence-electron chi connectivity index (χ0n) is 16.6. The summed E-state index contributed by atoms with van der Waals surface area (Å²) in [6.07, 6.45) is 1.77. The van der Waals surface area contributed by atoms with Gasteiger partial charge in [-0.25, -0.2) is 9.37 Å². The average molecular weight is 478 g/mol. The molecule has 1 fully saturated rings. The van der Waals surface area contributed by atoms with E-state index in [9.17, 15) is 14.0 Å². The minimum atomic E-state index is -0.353. The van der Waals surface area contributed by atoms with Gasteiger partial charge >= 0.3 is 0 Å². The number of carbonyl (C=O) groups is 2. The molecule has 1 saturated heterocycles. The number of fused-ring (bicyclic) bond motifs is 1. The van der Waals surface area contributed by atoms with Crippen molar-refractivity contribution in [2.75, 3.05) is 29.9 Å². The van der Waals surface area contributed by atoms with Crippen molar-refractivity contribution in [2.45, 2.75) is 18.8 Å². The average Bonchev–Trinajstić information content (AvgIpc) is 3.18. The third kappa shape index (κ3) is 5.75. The van der Waals surface area contributed by atoms with E-state index >= 15 is 0 Å². The predicted octanol–water partition coefficient (Wildman–Crippen LogP) is 5.17. The van der Waals surface area contributed by atoms with Crippen LogP contribution in [0.3, 0.4) is 0 Å². The van der Waals surface area contributed by atoms with Gasteiger partial charge in [0.25, 0.3) is 0 Å². The molecule has 1 N–H and O–H groups in total. The first-order chi connectivity index (χ1) is 15.0. The maximum absolute atomic E-state index is 12.9. The Morgan fingerprint density at radius 1 is 1.16 bits per heavy atom. The molecule has 0 radical (unpaired) electrons. The first-order valence-electron chi connectivity index (χ1n) is 9.95. The van der Waals surface area contributed by atoms with Crippen LogP contribution in [-0.2, 0) is 9.59 Å². The van der Waals surface area contributed by atoms with Crippen LogP contribution in [0.1, 0.15) is 23.8 Å². The lowest BCUT2D eigenvalue weighted by Crippen LogP contribution is -2.39. The van der Waals surface area contributed by atoms with Crippen molar-refractivity contribution in [3.8, 4) is 0 Å². The molecule has 0 atom stereocenters. The van der Waals surface area contributed by atoms with Gasteiger partial charge in [-0.15, -0.1) is 23.1 Å². The summed E-state index contributed by atoms with van der Waals surface area (Å²) in [4.78, 5) is 31.1. The van der Waals surface area contributed by atoms with Crippen molar-refractivity contribution in [3.63, 3.8) is 0 Å². The number of thiazole rings is 1. The Balaban J connectivity index is 1.21. The minimum Gasteiger partial charge on any atom is -0.342 e. The lowest BCUT2D eigenvalue weighted by atomic mass is 9.97. The third-order valence-corrected chi connectivity index (χ3v) is 7.50. The van der Waals surface area contributed by atoms with E-state index in [1.807, 2.05) is 23.1 Å². The summed E-state index contributed by atoms with van der Waals surface area (Å²) in [7, 11) is 0. The quantitative estimate of drug-likeness (QED) is 0.532. The van der Waals surface area contributed by atoms with E-state index in [1.54, 1.807) is 11.3 Å². The lowest BCUT2D eigenvalue weighted by Gasteiger charge is -2.31. The highest BCUT2D eigenvalue weighted by molar-refractivity contribution is 8.00. The summed E-state index contributed by atoms with van der Waals surface area (Å²) in [5.41, 5.74) is 1.47. The molecule has 2 aromatic carbocycles. The van der Waals surface area contributed by atoms with Gasteiger partial charge in [0.2, 0.25) is 11.8 Å². The van der Waals surface area contributed by atoms with Crippen LogP contribution < -0.4 is 5.32 Å². The Bertz CT molecular complexity index is 1080. The maximum atomic E-state index is 12.9. The molecule has 2 amide bonds. The smallest absolute Gasteiger partial charge is 0.234 e. The molecule has 162 valence electrons. The molecule has 31 heavy (non-hydrogen) atoms. The van der Waals surface area contributed by atoms with E-state index in [1.165, 1.54) is 36.0 Å². The number of piperidine rings is 1. The van der Waals surface area contributed by atoms with Gasteiger partial charge in [0.1, 0.15) is 5.82 Å². The molecule has 0 unspecified atom stereocenters. The lowest BCUT2D eigenvalue weighted by molar-refractivity contribution is -0.129. The normalized spacial score (nSPS) is 14.7. The summed E-state index contributed by atoms with van der Waals surface area (Å²) >= 11 is 9.04. The number of carbonyl (C=O) groups excluding carboxylic acids is 2. The number of likely N-dealkylation sites (tertiary alicyclic amines) is 1. The summed E-state index contributed by atoms with van der Waals surface area (Å²) in [6, 6.07) is 11.4. The molecule has 5 nitrogen and oxygen atoms in total. The SMILES string of the molecule is O=C(CSCC(=O)N1CCC(c2nc3cc(Cl)ccc3s2)CC1)Nc1ccc(F)cc1. The Hall–Kier alpha value is -2.16. The first kappa shape index (κ1) is 22.0. The summed E-state index contributed by atoms with van der Waals surface area (Å²) in [5.74, 6) is 0.284. The number of rotatable bonds is 6. The number of hydrogen-bond acceptors (Lipinski definition) is 5. The summed E-state index contributed by atoms with van der Waals surface area (Å²) in [5, 5.41) is 4.49. The fraction of sp³-hybridized carbons (Fsp3) is 0.318. The zero-order valence-corrected chi connectivity index (χ0v) is 19.0. The highest BCUT2D eigenvalue weighted by Gasteiger charge is 2.26. The largest absolute Gasteiger partial charge is 0.342 e. The molecule has 1 aliphatic heterocycles. The second-order valence-electron chi connectivity index (χ2n) is 7.37. The number of nitrogens with one attached hydrogen (secondary N) is 1. The van der Waals surface area contributed by atoms with E-state index in [0.29, 0.717) is 29.7 Å². The number of halogens is 2. The van der Waals surface area contributed by atoms with E-state index in [4.69, 9.17) is 16.6 Å². The van der Waals surface area contributed by atoms with Crippen LogP contribution in [0.5, 0.6) is 0 Å². The van der Waals surface area contributed by atoms with Crippen molar-refractivity contribution < 1.29 is 14.0 Å². The van der Waals surface area contributed by atoms with Crippen molar-refractivity contribution in [2.24, 2.45) is 0 Å². The number of hydrogen-bond donors (Lipinski definition) is 1. The van der Waals surface area contributed by atoms with Crippen molar-refractivity contribution in [3.05, 3.63) is 58.3 Å². The predicted molar refractivity (Wildman–Crippen MR) is 126 cm³/mol. The second-order valence-corrected chi connectivity index (χ2v) is 9.85. The summed E-state index contributed by atoms with van der Waals surface area (Å²) < 4.78 is 14.0. The van der Waals surface area contributed by atoms with Crippen molar-refractivity contribution in [1.82, 2.24) is 9.88 Å². The molecule has 3 aromatic rings. The number of benzene rings is 2. The Morgan fingerprint density at radius 2 is 1.90 bits per heavy atom. The first-order valence-corrected chi connectivity index (χ1v) is 12.3. The summed E-state index contributed by atoms with van der Waals surface area (Å²) in [6.45, 7) is 1.39. The fourth-order valence-corrected chi connectivity index (χ4v) is 5.52. The molecule has 0 aliphatic carbocycles. The van der Waals surface area contributed by atoms with Crippen LogP contribution in [0.25, 0.3) is 10.2 Å². The molecule has 1 aromatic heterocycles. The molecule has 0 bridgehead atoms. The van der Waals surface area contributed by atoms with Crippen LogP contribution >= 0.6 is 34.7 Å². The fourth-order valence-electron chi connectivity index (χ4n) is 3.52. The van der Waals surface area contributed by atoms with Gasteiger partial charge in [-0.3, -0.25) is 9.59 Å². The van der Waals surface area contributed by atoms with Gasteiger partial charge in [0.15, 0.2) is 0 Å². The minimum absolute atomic E-state index is 0.0501. The van der Waals surface area contributed by atoms with Crippen molar-refractivity contribution in [1.29, 1.82) is 0 Å². The van der Waals surface area contributed by atoms with Crippen LogP contribution in [0, 0.1) is 5.82 Å². The monoisotopic (exact) mass is 477 g/mol. The van der Waals surface area contributed by atoms with Gasteiger partial charge in [-0.2, -0.15) is 0 Å². The van der Waals surface area contributed by atoms with E-state index in [2.05, 4.69) is 5.32 Å². The van der Waals surface area contributed by atoms with Gasteiger partial charge in [0, 0.05) is 29.7 Å². The Labute approximate surface area is 193 Å². The van der Waals surface area contributed by atoms with Gasteiger partial charge in [-0.1, -0.05) is 11.6 Å². The molecule has 0 saturated carbocycles. The van der Waals surface area contributed by atoms with E-state index in [-0.39, 0.29) is 29.1 Å². The van der Waals surface area contributed by atoms with Crippen molar-refractivity contribution >= 4 is 62.4 Å². The highest BCUT2D eigenvalue weighted by Crippen LogP contribution is 2.34. The number of thioether (sulfide) groups is 1. The third-order valence-electron chi connectivity index (χ3n) is 5.15. The Kier molecular flexibility index (Phi) is 7.09. The number of anilines is 1. The van der Waals surface area contributed by atoms with Crippen LogP contribution in [0.15, 0.2) is 42.5 Å². The molecule has 0 spiro atoms.